The molecule has 146 valence electrons. The van der Waals surface area contributed by atoms with Crippen molar-refractivity contribution in [2.75, 3.05) is 6.54 Å². The largest absolute Gasteiger partial charge is 0.352 e. The Hall–Kier alpha value is -3.22. The van der Waals surface area contributed by atoms with Crippen LogP contribution in [0.1, 0.15) is 44.1 Å². The SMILES string of the molecule is CC(C)NC(=O)CNC(=O)c1cc(-c2ccccc2)nc2c1cnn2C(C)C. The molecule has 0 fully saturated rings. The summed E-state index contributed by atoms with van der Waals surface area (Å²) in [4.78, 5) is 29.5. The lowest BCUT2D eigenvalue weighted by Gasteiger charge is -2.12. The van der Waals surface area contributed by atoms with Crippen LogP contribution in [0, 0.1) is 0 Å². The molecule has 0 aliphatic rings. The molecule has 0 aliphatic carbocycles. The molecule has 2 aromatic heterocycles. The van der Waals surface area contributed by atoms with Gasteiger partial charge in [0.05, 0.1) is 29.4 Å². The van der Waals surface area contributed by atoms with Gasteiger partial charge in [0.25, 0.3) is 5.91 Å². The van der Waals surface area contributed by atoms with Crippen molar-refractivity contribution >= 4 is 22.8 Å². The third-order valence-corrected chi connectivity index (χ3v) is 4.23. The van der Waals surface area contributed by atoms with Gasteiger partial charge in [0.2, 0.25) is 5.91 Å². The molecule has 2 N–H and O–H groups in total. The molecule has 0 bridgehead atoms. The number of amides is 2. The zero-order chi connectivity index (χ0) is 20.3. The van der Waals surface area contributed by atoms with Crippen LogP contribution in [0.15, 0.2) is 42.6 Å². The number of carbonyl (C=O) groups is 2. The van der Waals surface area contributed by atoms with Gasteiger partial charge in [-0.3, -0.25) is 9.59 Å². The first-order valence-corrected chi connectivity index (χ1v) is 9.38. The maximum absolute atomic E-state index is 12.9. The number of nitrogens with zero attached hydrogens (tertiary/aromatic N) is 3. The quantitative estimate of drug-likeness (QED) is 0.689. The molecule has 28 heavy (non-hydrogen) atoms. The molecule has 0 radical (unpaired) electrons. The summed E-state index contributed by atoms with van der Waals surface area (Å²) in [5, 5.41) is 10.5. The second-order valence-corrected chi connectivity index (χ2v) is 7.25. The highest BCUT2D eigenvalue weighted by Gasteiger charge is 2.19. The second-order valence-electron chi connectivity index (χ2n) is 7.25. The number of pyridine rings is 1. The molecule has 3 aromatic rings. The standard InChI is InChI=1S/C21H25N5O2/c1-13(2)24-19(27)12-22-21(28)16-10-18(15-8-6-5-7-9-15)25-20-17(16)11-23-26(20)14(3)4/h5-11,13-14H,12H2,1-4H3,(H,22,28)(H,24,27). The van der Waals surface area contributed by atoms with Crippen molar-refractivity contribution in [3.63, 3.8) is 0 Å². The number of carbonyl (C=O) groups excluding carboxylic acids is 2. The van der Waals surface area contributed by atoms with E-state index in [0.717, 1.165) is 5.56 Å². The minimum atomic E-state index is -0.327. The van der Waals surface area contributed by atoms with E-state index < -0.39 is 0 Å². The monoisotopic (exact) mass is 379 g/mol. The van der Waals surface area contributed by atoms with E-state index in [4.69, 9.17) is 4.98 Å². The number of nitrogens with one attached hydrogen (secondary N) is 2. The maximum Gasteiger partial charge on any atom is 0.252 e. The minimum Gasteiger partial charge on any atom is -0.352 e. The molecule has 1 aromatic carbocycles. The Labute approximate surface area is 164 Å². The lowest BCUT2D eigenvalue weighted by atomic mass is 10.1. The molecule has 0 spiro atoms. The van der Waals surface area contributed by atoms with Crippen molar-refractivity contribution in [1.29, 1.82) is 0 Å². The zero-order valence-corrected chi connectivity index (χ0v) is 16.6. The summed E-state index contributed by atoms with van der Waals surface area (Å²) >= 11 is 0. The normalized spacial score (nSPS) is 11.2. The Morgan fingerprint density at radius 3 is 2.46 bits per heavy atom. The molecule has 0 saturated heterocycles. The van der Waals surface area contributed by atoms with Gasteiger partial charge in [0, 0.05) is 17.6 Å². The Bertz CT molecular complexity index is 993. The van der Waals surface area contributed by atoms with Crippen LogP contribution >= 0.6 is 0 Å². The van der Waals surface area contributed by atoms with E-state index in [1.54, 1.807) is 16.9 Å². The zero-order valence-electron chi connectivity index (χ0n) is 16.6. The van der Waals surface area contributed by atoms with Crippen LogP contribution in [-0.2, 0) is 4.79 Å². The molecular formula is C21H25N5O2. The van der Waals surface area contributed by atoms with E-state index in [2.05, 4.69) is 15.7 Å². The molecular weight excluding hydrogens is 354 g/mol. The van der Waals surface area contributed by atoms with Crippen LogP contribution in [0.3, 0.4) is 0 Å². The average Bonchev–Trinajstić information content (AvgIpc) is 3.09. The van der Waals surface area contributed by atoms with Crippen LogP contribution in [0.2, 0.25) is 0 Å². The predicted molar refractivity (Wildman–Crippen MR) is 109 cm³/mol. The van der Waals surface area contributed by atoms with E-state index in [1.165, 1.54) is 0 Å². The third-order valence-electron chi connectivity index (χ3n) is 4.23. The van der Waals surface area contributed by atoms with Crippen LogP contribution in [0.25, 0.3) is 22.3 Å². The van der Waals surface area contributed by atoms with Gasteiger partial charge in [0.1, 0.15) is 0 Å². The number of hydrogen-bond acceptors (Lipinski definition) is 4. The van der Waals surface area contributed by atoms with E-state index in [-0.39, 0.29) is 30.4 Å². The number of benzene rings is 1. The van der Waals surface area contributed by atoms with Gasteiger partial charge in [-0.25, -0.2) is 9.67 Å². The first-order chi connectivity index (χ1) is 13.4. The molecule has 0 unspecified atom stereocenters. The Morgan fingerprint density at radius 1 is 1.11 bits per heavy atom. The average molecular weight is 379 g/mol. The van der Waals surface area contributed by atoms with E-state index in [9.17, 15) is 9.59 Å². The van der Waals surface area contributed by atoms with Gasteiger partial charge >= 0.3 is 0 Å². The number of rotatable bonds is 6. The molecule has 7 heteroatoms. The van der Waals surface area contributed by atoms with Gasteiger partial charge in [-0.05, 0) is 33.8 Å². The lowest BCUT2D eigenvalue weighted by Crippen LogP contribution is -2.39. The van der Waals surface area contributed by atoms with E-state index in [0.29, 0.717) is 22.3 Å². The van der Waals surface area contributed by atoms with Crippen molar-refractivity contribution in [3.8, 4) is 11.3 Å². The van der Waals surface area contributed by atoms with Gasteiger partial charge in [-0.1, -0.05) is 30.3 Å². The number of fused-ring (bicyclic) bond motifs is 1. The van der Waals surface area contributed by atoms with Gasteiger partial charge in [0.15, 0.2) is 5.65 Å². The van der Waals surface area contributed by atoms with Gasteiger partial charge in [-0.2, -0.15) is 5.10 Å². The van der Waals surface area contributed by atoms with Crippen molar-refractivity contribution in [2.45, 2.75) is 39.8 Å². The van der Waals surface area contributed by atoms with Crippen LogP contribution in [0.4, 0.5) is 0 Å². The summed E-state index contributed by atoms with van der Waals surface area (Å²) in [5.41, 5.74) is 2.70. The summed E-state index contributed by atoms with van der Waals surface area (Å²) < 4.78 is 1.80. The maximum atomic E-state index is 12.9. The Kier molecular flexibility index (Phi) is 5.73. The topological polar surface area (TPSA) is 88.9 Å². The van der Waals surface area contributed by atoms with Crippen LogP contribution < -0.4 is 10.6 Å². The van der Waals surface area contributed by atoms with Gasteiger partial charge < -0.3 is 10.6 Å². The van der Waals surface area contributed by atoms with Crippen LogP contribution in [0.5, 0.6) is 0 Å². The highest BCUT2D eigenvalue weighted by atomic mass is 16.2. The highest BCUT2D eigenvalue weighted by Crippen LogP contribution is 2.26. The van der Waals surface area contributed by atoms with Crippen molar-refractivity contribution in [2.24, 2.45) is 0 Å². The van der Waals surface area contributed by atoms with Crippen molar-refractivity contribution in [1.82, 2.24) is 25.4 Å². The summed E-state index contributed by atoms with van der Waals surface area (Å²) in [6.45, 7) is 7.69. The number of hydrogen-bond donors (Lipinski definition) is 2. The molecule has 2 heterocycles. The molecule has 0 atom stereocenters. The van der Waals surface area contributed by atoms with Crippen molar-refractivity contribution in [3.05, 3.63) is 48.2 Å². The van der Waals surface area contributed by atoms with Gasteiger partial charge in [-0.15, -0.1) is 0 Å². The lowest BCUT2D eigenvalue weighted by molar-refractivity contribution is -0.120. The first kappa shape index (κ1) is 19.5. The molecule has 0 saturated carbocycles. The van der Waals surface area contributed by atoms with E-state index in [1.807, 2.05) is 58.0 Å². The summed E-state index contributed by atoms with van der Waals surface area (Å²) in [6, 6.07) is 11.5. The second kappa shape index (κ2) is 8.21. The Morgan fingerprint density at radius 2 is 1.82 bits per heavy atom. The predicted octanol–water partition coefficient (Wildman–Crippen LogP) is 2.93. The summed E-state index contributed by atoms with van der Waals surface area (Å²) in [5.74, 6) is -0.554. The Balaban J connectivity index is 2.00. The fourth-order valence-electron chi connectivity index (χ4n) is 2.97. The number of aromatic nitrogens is 3. The molecule has 3 rings (SSSR count). The van der Waals surface area contributed by atoms with Crippen LogP contribution in [-0.4, -0.2) is 39.2 Å². The van der Waals surface area contributed by atoms with E-state index >= 15 is 0 Å². The molecule has 2 amide bonds. The minimum absolute atomic E-state index is 0.0194. The molecule has 0 aliphatic heterocycles. The smallest absolute Gasteiger partial charge is 0.252 e. The third kappa shape index (κ3) is 4.19. The summed E-state index contributed by atoms with van der Waals surface area (Å²) in [7, 11) is 0. The molecule has 7 nitrogen and oxygen atoms in total. The first-order valence-electron chi connectivity index (χ1n) is 9.38. The fourth-order valence-corrected chi connectivity index (χ4v) is 2.97. The highest BCUT2D eigenvalue weighted by molar-refractivity contribution is 6.07. The van der Waals surface area contributed by atoms with Crippen molar-refractivity contribution < 1.29 is 9.59 Å². The fraction of sp³-hybridized carbons (Fsp3) is 0.333. The summed E-state index contributed by atoms with van der Waals surface area (Å²) in [6.07, 6.45) is 1.65.